The van der Waals surface area contributed by atoms with Crippen molar-refractivity contribution in [1.82, 2.24) is 9.97 Å². The zero-order valence-corrected chi connectivity index (χ0v) is 12.3. The minimum absolute atomic E-state index is 0.0377. The molecule has 0 radical (unpaired) electrons. The quantitative estimate of drug-likeness (QED) is 0.684. The highest BCUT2D eigenvalue weighted by molar-refractivity contribution is 5.87. The normalized spacial score (nSPS) is 11.8. The maximum Gasteiger partial charge on any atom is 0.358 e. The molecule has 0 saturated heterocycles. The number of anilines is 2. The van der Waals surface area contributed by atoms with Crippen molar-refractivity contribution in [2.24, 2.45) is 0 Å². The molecule has 2 aromatic rings. The van der Waals surface area contributed by atoms with E-state index in [1.54, 1.807) is 6.20 Å². The third kappa shape index (κ3) is 3.28. The molecule has 110 valence electrons. The average Bonchev–Trinajstić information content (AvgIpc) is 2.52. The first-order valence-electron chi connectivity index (χ1n) is 6.51. The van der Waals surface area contributed by atoms with Crippen molar-refractivity contribution >= 4 is 17.5 Å². The van der Waals surface area contributed by atoms with E-state index < -0.39 is 5.97 Å². The summed E-state index contributed by atoms with van der Waals surface area (Å²) in [6.07, 6.45) is 2.99. The van der Waals surface area contributed by atoms with E-state index in [1.807, 2.05) is 43.1 Å². The van der Waals surface area contributed by atoms with Gasteiger partial charge in [-0.3, -0.25) is 4.98 Å². The van der Waals surface area contributed by atoms with E-state index in [0.717, 1.165) is 5.56 Å². The number of methoxy groups -OCH3 is 1. The lowest BCUT2D eigenvalue weighted by atomic mass is 10.1. The van der Waals surface area contributed by atoms with Crippen LogP contribution in [0.2, 0.25) is 0 Å². The summed E-state index contributed by atoms with van der Waals surface area (Å²) in [5.74, 6) is 0.0854. The number of ether oxygens (including phenoxy) is 1. The predicted molar refractivity (Wildman–Crippen MR) is 81.0 cm³/mol. The number of hydrogen-bond acceptors (Lipinski definition) is 6. The van der Waals surface area contributed by atoms with Gasteiger partial charge in [0.05, 0.1) is 25.5 Å². The highest BCUT2D eigenvalue weighted by Crippen LogP contribution is 2.24. The van der Waals surface area contributed by atoms with Crippen LogP contribution >= 0.6 is 0 Å². The fourth-order valence-corrected chi connectivity index (χ4v) is 1.97. The summed E-state index contributed by atoms with van der Waals surface area (Å²) in [4.78, 5) is 21.7. The summed E-state index contributed by atoms with van der Waals surface area (Å²) in [6.45, 7) is 2.03. The van der Waals surface area contributed by atoms with Gasteiger partial charge in [0.25, 0.3) is 0 Å². The number of esters is 1. The van der Waals surface area contributed by atoms with Gasteiger partial charge >= 0.3 is 5.97 Å². The summed E-state index contributed by atoms with van der Waals surface area (Å²) in [7, 11) is 3.20. The molecular formula is C15H18N4O2. The monoisotopic (exact) mass is 286 g/mol. The molecule has 0 aliphatic heterocycles. The Hall–Kier alpha value is -2.63. The molecule has 2 N–H and O–H groups in total. The first-order chi connectivity index (χ1) is 10.0. The van der Waals surface area contributed by atoms with Crippen LogP contribution in [-0.4, -0.2) is 30.1 Å². The van der Waals surface area contributed by atoms with Crippen LogP contribution < -0.4 is 10.6 Å². The first-order valence-corrected chi connectivity index (χ1v) is 6.51. The predicted octanol–water partition coefficient (Wildman–Crippen LogP) is 2.04. The summed E-state index contributed by atoms with van der Waals surface area (Å²) in [5, 5.41) is 0. The van der Waals surface area contributed by atoms with Crippen LogP contribution in [0.4, 0.5) is 11.5 Å². The number of benzene rings is 1. The molecule has 0 fully saturated rings. The van der Waals surface area contributed by atoms with E-state index in [2.05, 4.69) is 14.7 Å². The molecule has 1 aromatic heterocycles. The van der Waals surface area contributed by atoms with Crippen molar-refractivity contribution in [3.8, 4) is 0 Å². The van der Waals surface area contributed by atoms with Crippen molar-refractivity contribution in [3.63, 3.8) is 0 Å². The van der Waals surface area contributed by atoms with Crippen LogP contribution in [0.25, 0.3) is 0 Å². The Morgan fingerprint density at radius 1 is 1.38 bits per heavy atom. The number of nitrogens with zero attached hydrogens (tertiary/aromatic N) is 3. The highest BCUT2D eigenvalue weighted by Gasteiger charge is 2.16. The van der Waals surface area contributed by atoms with Gasteiger partial charge in [-0.25, -0.2) is 9.78 Å². The molecular weight excluding hydrogens is 268 g/mol. The van der Waals surface area contributed by atoms with Gasteiger partial charge in [-0.05, 0) is 24.6 Å². The maximum absolute atomic E-state index is 11.5. The number of carbonyl (C=O) groups excluding carboxylic acids is 1. The second-order valence-corrected chi connectivity index (χ2v) is 4.71. The number of nitrogens with two attached hydrogens (primary N) is 1. The Bertz CT molecular complexity index is 645. The molecule has 1 heterocycles. The fraction of sp³-hybridized carbons (Fsp3) is 0.267. The lowest BCUT2D eigenvalue weighted by Gasteiger charge is -2.26. The molecule has 0 amide bonds. The van der Waals surface area contributed by atoms with Gasteiger partial charge in [0.2, 0.25) is 0 Å². The summed E-state index contributed by atoms with van der Waals surface area (Å²) in [6, 6.07) is 7.70. The van der Waals surface area contributed by atoms with Gasteiger partial charge in [-0.2, -0.15) is 0 Å². The first kappa shape index (κ1) is 14.8. The van der Waals surface area contributed by atoms with E-state index in [-0.39, 0.29) is 11.7 Å². The summed E-state index contributed by atoms with van der Waals surface area (Å²) < 4.78 is 4.66. The lowest BCUT2D eigenvalue weighted by Crippen LogP contribution is -2.23. The van der Waals surface area contributed by atoms with E-state index in [9.17, 15) is 4.79 Å². The van der Waals surface area contributed by atoms with Crippen LogP contribution in [0.5, 0.6) is 0 Å². The topological polar surface area (TPSA) is 81.3 Å². The summed E-state index contributed by atoms with van der Waals surface area (Å²) in [5.41, 5.74) is 7.76. The highest BCUT2D eigenvalue weighted by atomic mass is 16.5. The van der Waals surface area contributed by atoms with Gasteiger partial charge in [0.1, 0.15) is 5.82 Å². The smallest absolute Gasteiger partial charge is 0.358 e. The van der Waals surface area contributed by atoms with Crippen molar-refractivity contribution < 1.29 is 9.53 Å². The molecule has 2 rings (SSSR count). The van der Waals surface area contributed by atoms with Gasteiger partial charge in [0, 0.05) is 12.7 Å². The van der Waals surface area contributed by atoms with Crippen molar-refractivity contribution in [3.05, 3.63) is 47.9 Å². The van der Waals surface area contributed by atoms with Crippen LogP contribution in [0.3, 0.4) is 0 Å². The Balaban J connectivity index is 2.27. The second-order valence-electron chi connectivity index (χ2n) is 4.71. The maximum atomic E-state index is 11.5. The minimum Gasteiger partial charge on any atom is -0.464 e. The number of hydrogen-bond donors (Lipinski definition) is 1. The lowest BCUT2D eigenvalue weighted by molar-refractivity contribution is 0.0593. The standard InChI is InChI=1S/C15H18N4O2/c1-10(11-5-4-6-12(16)7-11)19(2)14-9-17-8-13(18-14)15(20)21-3/h4-10H,16H2,1-3H3. The molecule has 0 aliphatic rings. The Kier molecular flexibility index (Phi) is 4.37. The molecule has 0 saturated carbocycles. The molecule has 6 heteroatoms. The van der Waals surface area contributed by atoms with Gasteiger partial charge in [0.15, 0.2) is 5.69 Å². The minimum atomic E-state index is -0.505. The molecule has 21 heavy (non-hydrogen) atoms. The van der Waals surface area contributed by atoms with Crippen LogP contribution in [0.15, 0.2) is 36.7 Å². The molecule has 6 nitrogen and oxygen atoms in total. The largest absolute Gasteiger partial charge is 0.464 e. The fourth-order valence-electron chi connectivity index (χ4n) is 1.97. The van der Waals surface area contributed by atoms with Crippen molar-refractivity contribution in [2.75, 3.05) is 24.8 Å². The zero-order chi connectivity index (χ0) is 15.4. The number of aromatic nitrogens is 2. The SMILES string of the molecule is COC(=O)c1cncc(N(C)C(C)c2cccc(N)c2)n1. The van der Waals surface area contributed by atoms with Crippen LogP contribution in [-0.2, 0) is 4.74 Å². The Morgan fingerprint density at radius 2 is 2.14 bits per heavy atom. The summed E-state index contributed by atoms with van der Waals surface area (Å²) >= 11 is 0. The van der Waals surface area contributed by atoms with E-state index >= 15 is 0 Å². The Labute approximate surface area is 123 Å². The van der Waals surface area contributed by atoms with Gasteiger partial charge < -0.3 is 15.4 Å². The van der Waals surface area contributed by atoms with Crippen molar-refractivity contribution in [2.45, 2.75) is 13.0 Å². The van der Waals surface area contributed by atoms with Crippen LogP contribution in [0.1, 0.15) is 29.0 Å². The van der Waals surface area contributed by atoms with Crippen molar-refractivity contribution in [1.29, 1.82) is 0 Å². The third-order valence-electron chi connectivity index (χ3n) is 3.35. The molecule has 0 spiro atoms. The van der Waals surface area contributed by atoms with Gasteiger partial charge in [-0.1, -0.05) is 12.1 Å². The second kappa shape index (κ2) is 6.21. The average molecular weight is 286 g/mol. The zero-order valence-electron chi connectivity index (χ0n) is 12.3. The number of nitrogen functional groups attached to an aromatic ring is 1. The molecule has 0 bridgehead atoms. The molecule has 1 atom stereocenters. The number of carbonyl (C=O) groups is 1. The molecule has 1 aromatic carbocycles. The van der Waals surface area contributed by atoms with E-state index in [0.29, 0.717) is 11.5 Å². The van der Waals surface area contributed by atoms with Gasteiger partial charge in [-0.15, -0.1) is 0 Å². The number of rotatable bonds is 4. The Morgan fingerprint density at radius 3 is 2.81 bits per heavy atom. The molecule has 0 aliphatic carbocycles. The van der Waals surface area contributed by atoms with E-state index in [4.69, 9.17) is 5.73 Å². The van der Waals surface area contributed by atoms with Crippen LogP contribution in [0, 0.1) is 0 Å². The van der Waals surface area contributed by atoms with E-state index in [1.165, 1.54) is 13.3 Å². The third-order valence-corrected chi connectivity index (χ3v) is 3.35. The molecule has 1 unspecified atom stereocenters.